The minimum atomic E-state index is 0.549. The molecule has 3 nitrogen and oxygen atoms in total. The van der Waals surface area contributed by atoms with Crippen LogP contribution in [0.3, 0.4) is 0 Å². The summed E-state index contributed by atoms with van der Waals surface area (Å²) in [5, 5.41) is 0.673. The molecule has 23 heavy (non-hydrogen) atoms. The Morgan fingerprint density at radius 3 is 2.26 bits per heavy atom. The van der Waals surface area contributed by atoms with Crippen LogP contribution in [0.4, 0.5) is 0 Å². The monoisotopic (exact) mass is 320 g/mol. The van der Waals surface area contributed by atoms with Crippen molar-refractivity contribution in [2.45, 2.75) is 0 Å². The molecule has 0 bridgehead atoms. The Morgan fingerprint density at radius 1 is 1.00 bits per heavy atom. The van der Waals surface area contributed by atoms with Crippen molar-refractivity contribution in [3.05, 3.63) is 65.4 Å². The molecule has 1 heterocycles. The number of methoxy groups -OCH3 is 1. The molecule has 4 heteroatoms. The zero-order valence-corrected chi connectivity index (χ0v) is 13.2. The van der Waals surface area contributed by atoms with Crippen molar-refractivity contribution >= 4 is 11.6 Å². The van der Waals surface area contributed by atoms with Gasteiger partial charge in [0, 0.05) is 22.3 Å². The first-order valence-electron chi connectivity index (χ1n) is 6.95. The van der Waals surface area contributed by atoms with E-state index < -0.39 is 0 Å². The third-order valence-corrected chi connectivity index (χ3v) is 3.68. The summed E-state index contributed by atoms with van der Waals surface area (Å²) in [5.41, 5.74) is 3.17. The van der Waals surface area contributed by atoms with Crippen LogP contribution in [-0.2, 0) is 0 Å². The van der Waals surface area contributed by atoms with Crippen LogP contribution in [0.15, 0.2) is 54.7 Å². The lowest BCUT2D eigenvalue weighted by atomic mass is 10.1. The molecule has 0 saturated carbocycles. The molecule has 0 radical (unpaired) electrons. The van der Waals surface area contributed by atoms with Gasteiger partial charge >= 0.3 is 0 Å². The number of aromatic nitrogens is 2. The molecule has 3 aromatic rings. The summed E-state index contributed by atoms with van der Waals surface area (Å²) in [6.07, 6.45) is 7.37. The molecular weight excluding hydrogens is 308 g/mol. The molecule has 0 atom stereocenters. The number of halogens is 1. The Labute approximate surface area is 139 Å². The summed E-state index contributed by atoms with van der Waals surface area (Å²) in [7, 11) is 1.63. The highest BCUT2D eigenvalue weighted by Gasteiger charge is 2.09. The van der Waals surface area contributed by atoms with Crippen LogP contribution < -0.4 is 4.74 Å². The van der Waals surface area contributed by atoms with E-state index in [2.05, 4.69) is 15.9 Å². The Kier molecular flexibility index (Phi) is 4.27. The topological polar surface area (TPSA) is 35.0 Å². The average molecular weight is 321 g/mol. The lowest BCUT2D eigenvalue weighted by Crippen LogP contribution is -1.96. The van der Waals surface area contributed by atoms with Gasteiger partial charge in [0.05, 0.1) is 7.11 Å². The van der Waals surface area contributed by atoms with Gasteiger partial charge < -0.3 is 4.74 Å². The first kappa shape index (κ1) is 15.1. The molecule has 0 fully saturated rings. The van der Waals surface area contributed by atoms with Crippen LogP contribution in [0.25, 0.3) is 22.5 Å². The SMILES string of the molecule is C#Cc1nc(-c2ccc(OC)cc2)ncc1-c1ccc(Cl)cc1. The molecule has 0 aliphatic rings. The minimum absolute atomic E-state index is 0.549. The van der Waals surface area contributed by atoms with Crippen molar-refractivity contribution in [3.63, 3.8) is 0 Å². The Morgan fingerprint density at radius 2 is 1.65 bits per heavy atom. The van der Waals surface area contributed by atoms with Crippen molar-refractivity contribution in [1.29, 1.82) is 0 Å². The zero-order valence-electron chi connectivity index (χ0n) is 12.5. The predicted molar refractivity (Wildman–Crippen MR) is 92.4 cm³/mol. The first-order valence-corrected chi connectivity index (χ1v) is 7.33. The van der Waals surface area contributed by atoms with Crippen LogP contribution in [-0.4, -0.2) is 17.1 Å². The number of hydrogen-bond donors (Lipinski definition) is 0. The normalized spacial score (nSPS) is 10.1. The fourth-order valence-electron chi connectivity index (χ4n) is 2.21. The van der Waals surface area contributed by atoms with Gasteiger partial charge in [-0.05, 0) is 47.9 Å². The van der Waals surface area contributed by atoms with E-state index in [4.69, 9.17) is 22.8 Å². The highest BCUT2D eigenvalue weighted by atomic mass is 35.5. The summed E-state index contributed by atoms with van der Waals surface area (Å²) in [6.45, 7) is 0. The molecule has 0 saturated heterocycles. The van der Waals surface area contributed by atoms with E-state index in [9.17, 15) is 0 Å². The van der Waals surface area contributed by atoms with E-state index in [-0.39, 0.29) is 0 Å². The molecule has 0 aliphatic carbocycles. The number of benzene rings is 2. The second-order valence-electron chi connectivity index (χ2n) is 4.84. The highest BCUT2D eigenvalue weighted by Crippen LogP contribution is 2.26. The van der Waals surface area contributed by atoms with E-state index in [1.807, 2.05) is 48.5 Å². The van der Waals surface area contributed by atoms with Gasteiger partial charge in [0.1, 0.15) is 11.4 Å². The molecule has 112 valence electrons. The van der Waals surface area contributed by atoms with Gasteiger partial charge in [0.2, 0.25) is 0 Å². The molecule has 2 aromatic carbocycles. The Hall–Kier alpha value is -2.83. The van der Waals surface area contributed by atoms with Crippen molar-refractivity contribution in [3.8, 4) is 40.6 Å². The first-order chi connectivity index (χ1) is 11.2. The second kappa shape index (κ2) is 6.51. The maximum absolute atomic E-state index is 5.92. The minimum Gasteiger partial charge on any atom is -0.497 e. The standard InChI is InChI=1S/C19H13ClN2O/c1-3-18-17(13-4-8-15(20)9-5-13)12-21-19(22-18)14-6-10-16(23-2)11-7-14/h1,4-12H,2H3. The summed E-state index contributed by atoms with van der Waals surface area (Å²) >= 11 is 5.92. The quantitative estimate of drug-likeness (QED) is 0.669. The summed E-state index contributed by atoms with van der Waals surface area (Å²) < 4.78 is 5.15. The summed E-state index contributed by atoms with van der Waals surface area (Å²) in [6, 6.07) is 14.9. The van der Waals surface area contributed by atoms with Gasteiger partial charge in [-0.3, -0.25) is 0 Å². The highest BCUT2D eigenvalue weighted by molar-refractivity contribution is 6.30. The smallest absolute Gasteiger partial charge is 0.160 e. The van der Waals surface area contributed by atoms with Crippen LogP contribution in [0.2, 0.25) is 5.02 Å². The lowest BCUT2D eigenvalue weighted by Gasteiger charge is -2.07. The van der Waals surface area contributed by atoms with Crippen LogP contribution in [0.5, 0.6) is 5.75 Å². The summed E-state index contributed by atoms with van der Waals surface area (Å²) in [4.78, 5) is 8.93. The average Bonchev–Trinajstić information content (AvgIpc) is 2.62. The Balaban J connectivity index is 2.02. The van der Waals surface area contributed by atoms with Gasteiger partial charge in [-0.1, -0.05) is 23.7 Å². The van der Waals surface area contributed by atoms with E-state index in [0.717, 1.165) is 22.4 Å². The molecule has 3 rings (SSSR count). The fourth-order valence-corrected chi connectivity index (χ4v) is 2.34. The summed E-state index contributed by atoms with van der Waals surface area (Å²) in [5.74, 6) is 4.00. The number of hydrogen-bond acceptors (Lipinski definition) is 3. The number of terminal acetylenes is 1. The van der Waals surface area contributed by atoms with Crippen molar-refractivity contribution in [2.24, 2.45) is 0 Å². The van der Waals surface area contributed by atoms with Crippen LogP contribution >= 0.6 is 11.6 Å². The van der Waals surface area contributed by atoms with Gasteiger partial charge in [-0.15, -0.1) is 6.42 Å². The predicted octanol–water partition coefficient (Wildman–Crippen LogP) is 4.45. The van der Waals surface area contributed by atoms with E-state index in [1.54, 1.807) is 13.3 Å². The van der Waals surface area contributed by atoms with E-state index in [1.165, 1.54) is 0 Å². The molecule has 0 unspecified atom stereocenters. The maximum Gasteiger partial charge on any atom is 0.160 e. The zero-order chi connectivity index (χ0) is 16.2. The van der Waals surface area contributed by atoms with Crippen LogP contribution in [0.1, 0.15) is 5.69 Å². The Bertz CT molecular complexity index is 865. The van der Waals surface area contributed by atoms with Crippen molar-refractivity contribution in [1.82, 2.24) is 9.97 Å². The third kappa shape index (κ3) is 3.18. The largest absolute Gasteiger partial charge is 0.497 e. The molecule has 1 aromatic heterocycles. The number of rotatable bonds is 3. The fraction of sp³-hybridized carbons (Fsp3) is 0.0526. The lowest BCUT2D eigenvalue weighted by molar-refractivity contribution is 0.415. The third-order valence-electron chi connectivity index (χ3n) is 3.43. The van der Waals surface area contributed by atoms with Crippen molar-refractivity contribution < 1.29 is 4.74 Å². The maximum atomic E-state index is 5.92. The second-order valence-corrected chi connectivity index (χ2v) is 5.27. The molecule has 0 amide bonds. The van der Waals surface area contributed by atoms with Gasteiger partial charge in [0.25, 0.3) is 0 Å². The molecular formula is C19H13ClN2O. The van der Waals surface area contributed by atoms with E-state index in [0.29, 0.717) is 16.5 Å². The molecule has 0 N–H and O–H groups in total. The number of ether oxygens (including phenoxy) is 1. The van der Waals surface area contributed by atoms with Gasteiger partial charge in [-0.25, -0.2) is 9.97 Å². The van der Waals surface area contributed by atoms with Gasteiger partial charge in [-0.2, -0.15) is 0 Å². The molecule has 0 aliphatic heterocycles. The van der Waals surface area contributed by atoms with Crippen molar-refractivity contribution in [2.75, 3.05) is 7.11 Å². The van der Waals surface area contributed by atoms with E-state index >= 15 is 0 Å². The molecule has 0 spiro atoms. The van der Waals surface area contributed by atoms with Crippen LogP contribution in [0, 0.1) is 12.3 Å². The van der Waals surface area contributed by atoms with Gasteiger partial charge in [0.15, 0.2) is 5.82 Å². The number of nitrogens with zero attached hydrogens (tertiary/aromatic N) is 2.